The van der Waals surface area contributed by atoms with Crippen molar-refractivity contribution < 1.29 is 33.8 Å². The molecule has 1 fully saturated rings. The van der Waals surface area contributed by atoms with Gasteiger partial charge in [-0.15, -0.1) is 0 Å². The molecule has 8 atom stereocenters. The van der Waals surface area contributed by atoms with E-state index in [1.807, 2.05) is 44.2 Å². The molecule has 0 bridgehead atoms. The van der Waals surface area contributed by atoms with Gasteiger partial charge in [0.15, 0.2) is 0 Å². The van der Waals surface area contributed by atoms with E-state index in [1.54, 1.807) is 18.7 Å². The fourth-order valence-corrected chi connectivity index (χ4v) is 5.53. The van der Waals surface area contributed by atoms with Crippen LogP contribution in [-0.4, -0.2) is 91.8 Å². The number of hydrogen-bond acceptors (Lipinski definition) is 7. The quantitative estimate of drug-likeness (QED) is 0.206. The van der Waals surface area contributed by atoms with E-state index in [1.165, 1.54) is 14.2 Å². The third kappa shape index (κ3) is 9.51. The summed E-state index contributed by atoms with van der Waals surface area (Å²) in [4.78, 5) is 51.6. The highest BCUT2D eigenvalue weighted by Gasteiger charge is 2.41. The van der Waals surface area contributed by atoms with Gasteiger partial charge in [0, 0.05) is 20.8 Å². The van der Waals surface area contributed by atoms with Crippen LogP contribution in [0.2, 0.25) is 0 Å². The van der Waals surface area contributed by atoms with E-state index >= 15 is 0 Å². The van der Waals surface area contributed by atoms with Crippen LogP contribution in [0.4, 0.5) is 0 Å². The first-order chi connectivity index (χ1) is 19.6. The van der Waals surface area contributed by atoms with Crippen LogP contribution in [0.5, 0.6) is 0 Å². The molecular weight excluding hydrogens is 528 g/mol. The normalized spacial score (nSPS) is 20.2. The summed E-state index contributed by atoms with van der Waals surface area (Å²) in [6.07, 6.45) is 0.713. The molecule has 0 radical (unpaired) electrons. The number of ether oxygens (including phenoxy) is 2. The van der Waals surface area contributed by atoms with Gasteiger partial charge in [-0.25, -0.2) is 0 Å². The molecule has 41 heavy (non-hydrogen) atoms. The molecule has 4 amide bonds. The second kappa shape index (κ2) is 17.1. The SMILES string of the molecule is CCC(C)C(NC(=O)CNC=O)C(CC(=O)N1CCCC1C(OC)C(C)C(=O)NC(C)C(O)c1ccccc1)OC. The van der Waals surface area contributed by atoms with Crippen molar-refractivity contribution in [2.75, 3.05) is 27.3 Å². The second-order valence-electron chi connectivity index (χ2n) is 10.9. The first-order valence-corrected chi connectivity index (χ1v) is 14.4. The largest absolute Gasteiger partial charge is 0.386 e. The highest BCUT2D eigenvalue weighted by Crippen LogP contribution is 2.28. The number of aliphatic hydroxyl groups excluding tert-OH is 1. The van der Waals surface area contributed by atoms with Gasteiger partial charge in [-0.05, 0) is 31.2 Å². The lowest BCUT2D eigenvalue weighted by Crippen LogP contribution is -2.54. The molecule has 11 heteroatoms. The van der Waals surface area contributed by atoms with E-state index < -0.39 is 36.3 Å². The van der Waals surface area contributed by atoms with E-state index in [-0.39, 0.29) is 42.6 Å². The third-order valence-corrected chi connectivity index (χ3v) is 8.17. The fraction of sp³-hybridized carbons (Fsp3) is 0.667. The third-order valence-electron chi connectivity index (χ3n) is 8.17. The van der Waals surface area contributed by atoms with Crippen molar-refractivity contribution in [1.82, 2.24) is 20.9 Å². The molecule has 1 aliphatic rings. The number of carbonyl (C=O) groups is 4. The van der Waals surface area contributed by atoms with E-state index in [4.69, 9.17) is 9.47 Å². The summed E-state index contributed by atoms with van der Waals surface area (Å²) in [6, 6.07) is 7.88. The van der Waals surface area contributed by atoms with Crippen LogP contribution in [0.25, 0.3) is 0 Å². The molecule has 8 unspecified atom stereocenters. The Kier molecular flexibility index (Phi) is 14.2. The van der Waals surface area contributed by atoms with Crippen LogP contribution in [0, 0.1) is 11.8 Å². The molecule has 1 aromatic rings. The van der Waals surface area contributed by atoms with Gasteiger partial charge in [-0.1, -0.05) is 57.5 Å². The van der Waals surface area contributed by atoms with Crippen LogP contribution in [-0.2, 0) is 28.7 Å². The summed E-state index contributed by atoms with van der Waals surface area (Å²) < 4.78 is 11.5. The summed E-state index contributed by atoms with van der Waals surface area (Å²) in [5.74, 6) is -1.33. The molecule has 1 heterocycles. The van der Waals surface area contributed by atoms with E-state index in [9.17, 15) is 24.3 Å². The van der Waals surface area contributed by atoms with Gasteiger partial charge in [0.05, 0.1) is 55.3 Å². The highest BCUT2D eigenvalue weighted by atomic mass is 16.5. The van der Waals surface area contributed by atoms with Gasteiger partial charge >= 0.3 is 0 Å². The topological polar surface area (TPSA) is 146 Å². The Morgan fingerprint density at radius 1 is 1.10 bits per heavy atom. The number of hydrogen-bond donors (Lipinski definition) is 4. The van der Waals surface area contributed by atoms with Gasteiger partial charge in [0.2, 0.25) is 24.1 Å². The predicted octanol–water partition coefficient (Wildman–Crippen LogP) is 1.55. The van der Waals surface area contributed by atoms with Crippen LogP contribution in [0.3, 0.4) is 0 Å². The van der Waals surface area contributed by atoms with Gasteiger partial charge < -0.3 is 35.4 Å². The second-order valence-corrected chi connectivity index (χ2v) is 10.9. The number of carbonyl (C=O) groups excluding carboxylic acids is 4. The minimum Gasteiger partial charge on any atom is -0.386 e. The minimum atomic E-state index is -0.864. The molecule has 0 spiro atoms. The van der Waals surface area contributed by atoms with Crippen molar-refractivity contribution >= 4 is 24.1 Å². The lowest BCUT2D eigenvalue weighted by atomic mass is 9.91. The first kappa shape index (κ1) is 34.2. The van der Waals surface area contributed by atoms with Crippen molar-refractivity contribution in [3.63, 3.8) is 0 Å². The molecule has 230 valence electrons. The maximum Gasteiger partial charge on any atom is 0.239 e. The summed E-state index contributed by atoms with van der Waals surface area (Å²) in [5.41, 5.74) is 0.711. The fourth-order valence-electron chi connectivity index (χ4n) is 5.53. The molecule has 4 N–H and O–H groups in total. The first-order valence-electron chi connectivity index (χ1n) is 14.4. The highest BCUT2D eigenvalue weighted by molar-refractivity contribution is 5.81. The Labute approximate surface area is 243 Å². The number of benzene rings is 1. The van der Waals surface area contributed by atoms with Crippen LogP contribution >= 0.6 is 0 Å². The van der Waals surface area contributed by atoms with E-state index in [0.29, 0.717) is 24.9 Å². The Balaban J connectivity index is 2.10. The minimum absolute atomic E-state index is 0.0194. The molecule has 1 saturated heterocycles. The van der Waals surface area contributed by atoms with Crippen molar-refractivity contribution in [1.29, 1.82) is 0 Å². The van der Waals surface area contributed by atoms with Crippen molar-refractivity contribution in [3.05, 3.63) is 35.9 Å². The van der Waals surface area contributed by atoms with Crippen molar-refractivity contribution in [3.8, 4) is 0 Å². The van der Waals surface area contributed by atoms with E-state index in [0.717, 1.165) is 12.8 Å². The lowest BCUT2D eigenvalue weighted by molar-refractivity contribution is -0.143. The van der Waals surface area contributed by atoms with Crippen LogP contribution in [0.1, 0.15) is 65.0 Å². The summed E-state index contributed by atoms with van der Waals surface area (Å²) in [6.45, 7) is 7.86. The van der Waals surface area contributed by atoms with Crippen LogP contribution in [0.15, 0.2) is 30.3 Å². The monoisotopic (exact) mass is 576 g/mol. The van der Waals surface area contributed by atoms with Crippen molar-refractivity contribution in [2.24, 2.45) is 11.8 Å². The Bertz CT molecular complexity index is 979. The smallest absolute Gasteiger partial charge is 0.239 e. The number of nitrogens with one attached hydrogen (secondary N) is 3. The molecule has 1 aromatic carbocycles. The number of nitrogens with zero attached hydrogens (tertiary/aromatic N) is 1. The Morgan fingerprint density at radius 2 is 1.78 bits per heavy atom. The van der Waals surface area contributed by atoms with Crippen LogP contribution < -0.4 is 16.0 Å². The number of aliphatic hydroxyl groups is 1. The van der Waals surface area contributed by atoms with E-state index in [2.05, 4.69) is 16.0 Å². The molecule has 11 nitrogen and oxygen atoms in total. The van der Waals surface area contributed by atoms with Crippen molar-refractivity contribution in [2.45, 2.75) is 89.8 Å². The van der Waals surface area contributed by atoms with Gasteiger partial charge in [0.25, 0.3) is 0 Å². The predicted molar refractivity (Wildman–Crippen MR) is 155 cm³/mol. The average molecular weight is 577 g/mol. The molecule has 0 saturated carbocycles. The Hall–Kier alpha value is -3.02. The van der Waals surface area contributed by atoms with Gasteiger partial charge in [-0.3, -0.25) is 19.2 Å². The maximum absolute atomic E-state index is 13.6. The zero-order valence-electron chi connectivity index (χ0n) is 25.2. The summed E-state index contributed by atoms with van der Waals surface area (Å²) in [5, 5.41) is 18.9. The number of methoxy groups -OCH3 is 2. The zero-order valence-corrected chi connectivity index (χ0v) is 25.2. The maximum atomic E-state index is 13.6. The van der Waals surface area contributed by atoms with Gasteiger partial charge in [-0.2, -0.15) is 0 Å². The zero-order chi connectivity index (χ0) is 30.5. The molecular formula is C30H48N4O7. The summed E-state index contributed by atoms with van der Waals surface area (Å²) in [7, 11) is 3.05. The lowest BCUT2D eigenvalue weighted by Gasteiger charge is -2.36. The Morgan fingerprint density at radius 3 is 2.37 bits per heavy atom. The molecule has 2 rings (SSSR count). The molecule has 1 aliphatic heterocycles. The average Bonchev–Trinajstić information content (AvgIpc) is 3.47. The standard InChI is InChI=1S/C30H48N4O7/c1-7-19(2)27(33-25(36)17-31-18-35)24(40-5)16-26(37)34-15-11-14-23(34)29(41-6)20(3)30(39)32-21(4)28(38)22-12-9-8-10-13-22/h8-10,12-13,18-21,23-24,27-29,38H,7,11,14-17H2,1-6H3,(H,31,35)(H,32,39)(H,33,36). The molecule has 0 aromatic heterocycles. The number of amides is 4. The number of rotatable bonds is 17. The summed E-state index contributed by atoms with van der Waals surface area (Å²) >= 11 is 0. The number of likely N-dealkylation sites (tertiary alicyclic amines) is 1. The van der Waals surface area contributed by atoms with Gasteiger partial charge in [0.1, 0.15) is 0 Å². The molecule has 0 aliphatic carbocycles.